The third-order valence-corrected chi connectivity index (χ3v) is 5.61. The minimum atomic E-state index is -0.374. The van der Waals surface area contributed by atoms with Crippen molar-refractivity contribution in [1.82, 2.24) is 4.90 Å². The summed E-state index contributed by atoms with van der Waals surface area (Å²) in [5, 5.41) is 0. The van der Waals surface area contributed by atoms with Crippen molar-refractivity contribution in [2.75, 3.05) is 7.05 Å². The van der Waals surface area contributed by atoms with Crippen LogP contribution in [0.5, 0.6) is 5.75 Å². The van der Waals surface area contributed by atoms with Crippen molar-refractivity contribution in [3.63, 3.8) is 0 Å². The number of hydrogen-bond acceptors (Lipinski definition) is 3. The quantitative estimate of drug-likeness (QED) is 0.532. The third kappa shape index (κ3) is 4.19. The molecular weight excluding hydrogens is 398 g/mol. The maximum Gasteiger partial charge on any atom is 0.258 e. The smallest absolute Gasteiger partial charge is 0.258 e. The van der Waals surface area contributed by atoms with E-state index in [1.165, 1.54) is 18.2 Å². The van der Waals surface area contributed by atoms with E-state index in [4.69, 9.17) is 0 Å². The third-order valence-electron chi connectivity index (χ3n) is 5.61. The van der Waals surface area contributed by atoms with Gasteiger partial charge in [-0.2, -0.15) is 0 Å². The molecule has 1 aliphatic heterocycles. The van der Waals surface area contributed by atoms with Gasteiger partial charge in [-0.3, -0.25) is 14.7 Å². The van der Waals surface area contributed by atoms with Gasteiger partial charge in [-0.05, 0) is 59.0 Å². The first-order valence-corrected chi connectivity index (χ1v) is 10.00. The Hall–Kier alpha value is -3.54. The summed E-state index contributed by atoms with van der Waals surface area (Å²) in [6.45, 7) is 2.43. The highest BCUT2D eigenvalue weighted by atomic mass is 19.3. The zero-order valence-electron chi connectivity index (χ0n) is 17.4. The van der Waals surface area contributed by atoms with Crippen molar-refractivity contribution in [3.05, 3.63) is 99.9 Å². The van der Waals surface area contributed by atoms with Crippen LogP contribution in [0.4, 0.5) is 8.92 Å². The predicted molar refractivity (Wildman–Crippen MR) is 115 cm³/mol. The van der Waals surface area contributed by atoms with E-state index >= 15 is 0 Å². The van der Waals surface area contributed by atoms with Crippen LogP contribution in [-0.4, -0.2) is 23.6 Å². The number of carbonyl (C=O) groups excluding carboxylic acids is 1. The molecule has 0 spiro atoms. The molecule has 0 saturated heterocycles. The van der Waals surface area contributed by atoms with Crippen LogP contribution in [0.1, 0.15) is 38.2 Å². The van der Waals surface area contributed by atoms with Crippen LogP contribution >= 0.6 is 0 Å². The van der Waals surface area contributed by atoms with Gasteiger partial charge >= 0.3 is 0 Å². The topological polar surface area (TPSA) is 41.9 Å². The number of rotatable bonds is 5. The van der Waals surface area contributed by atoms with Gasteiger partial charge < -0.3 is 4.90 Å². The molecule has 3 aromatic carbocycles. The average molecular weight is 420 g/mol. The summed E-state index contributed by atoms with van der Waals surface area (Å²) in [6.07, 6.45) is 0.579. The molecule has 3 aromatic rings. The number of benzene rings is 3. The van der Waals surface area contributed by atoms with Gasteiger partial charge in [0.15, 0.2) is 5.75 Å². The lowest BCUT2D eigenvalue weighted by atomic mass is 9.95. The number of nitrogens with zero attached hydrogens (tertiary/aromatic N) is 2. The van der Waals surface area contributed by atoms with Crippen molar-refractivity contribution >= 4 is 11.6 Å². The zero-order valence-corrected chi connectivity index (χ0v) is 17.4. The second-order valence-corrected chi connectivity index (χ2v) is 7.65. The fourth-order valence-corrected chi connectivity index (χ4v) is 3.98. The molecule has 6 heteroatoms. The molecule has 0 aliphatic carbocycles. The van der Waals surface area contributed by atoms with Gasteiger partial charge in [0.25, 0.3) is 5.91 Å². The summed E-state index contributed by atoms with van der Waals surface area (Å²) < 4.78 is 26.9. The molecule has 1 heterocycles. The summed E-state index contributed by atoms with van der Waals surface area (Å²) in [7, 11) is 1.70. The number of aliphatic imine (C=N–C) groups is 1. The molecule has 0 N–H and O–H groups in total. The lowest BCUT2D eigenvalue weighted by molar-refractivity contribution is -0.00766. The van der Waals surface area contributed by atoms with Gasteiger partial charge in [-0.25, -0.2) is 4.39 Å². The van der Waals surface area contributed by atoms with Crippen molar-refractivity contribution in [1.29, 1.82) is 0 Å². The van der Waals surface area contributed by atoms with E-state index in [-0.39, 0.29) is 29.6 Å². The molecule has 0 atom stereocenters. The summed E-state index contributed by atoms with van der Waals surface area (Å²) in [5.74, 6) is -0.854. The predicted octanol–water partition coefficient (Wildman–Crippen LogP) is 5.22. The maximum atomic E-state index is 13.5. The van der Waals surface area contributed by atoms with Crippen LogP contribution in [0.25, 0.3) is 0 Å². The van der Waals surface area contributed by atoms with Crippen LogP contribution in [0.2, 0.25) is 0 Å². The molecule has 4 nitrogen and oxygen atoms in total. The lowest BCUT2D eigenvalue weighted by Gasteiger charge is -2.19. The van der Waals surface area contributed by atoms with E-state index < -0.39 is 0 Å². The van der Waals surface area contributed by atoms with Gasteiger partial charge in [-0.1, -0.05) is 36.4 Å². The molecule has 31 heavy (non-hydrogen) atoms. The van der Waals surface area contributed by atoms with Crippen LogP contribution in [0, 0.1) is 12.7 Å². The van der Waals surface area contributed by atoms with Gasteiger partial charge in [0.05, 0.1) is 5.56 Å². The molecule has 158 valence electrons. The normalized spacial score (nSPS) is 13.3. The van der Waals surface area contributed by atoms with Crippen LogP contribution < -0.4 is 4.94 Å². The second-order valence-electron chi connectivity index (χ2n) is 7.65. The van der Waals surface area contributed by atoms with Gasteiger partial charge in [0.2, 0.25) is 0 Å². The summed E-state index contributed by atoms with van der Waals surface area (Å²) in [6, 6.07) is 17.5. The van der Waals surface area contributed by atoms with Crippen molar-refractivity contribution in [3.8, 4) is 5.75 Å². The molecular formula is C25H22F2N2O2. The van der Waals surface area contributed by atoms with E-state index in [0.29, 0.717) is 13.0 Å². The number of fused-ring (bicyclic) bond motifs is 1. The highest BCUT2D eigenvalue weighted by molar-refractivity contribution is 6.06. The van der Waals surface area contributed by atoms with Crippen LogP contribution in [0.3, 0.4) is 0 Å². The standard InChI is InChI=1S/C25H22F2N2O2/c1-16-10-24(31-27)22(13-21(16)23(28-2)11-17-6-4-3-5-7-17)25(30)29-14-18-8-9-20(26)12-19(18)15-29/h3-10,12-13H,11,14-15H2,1-2H3. The Balaban J connectivity index is 1.67. The Bertz CT molecular complexity index is 1160. The number of aryl methyl sites for hydroxylation is 1. The Morgan fingerprint density at radius 2 is 1.77 bits per heavy atom. The first-order chi connectivity index (χ1) is 15.0. The lowest BCUT2D eigenvalue weighted by Crippen LogP contribution is -2.26. The van der Waals surface area contributed by atoms with Crippen molar-refractivity contribution in [2.45, 2.75) is 26.4 Å². The largest absolute Gasteiger partial charge is 0.330 e. The molecule has 0 aromatic heterocycles. The number of amides is 1. The SMILES string of the molecule is CN=C(Cc1ccccc1)c1cc(C(=O)N2Cc3ccc(F)cc3C2)c(OF)cc1C. The Labute approximate surface area is 179 Å². The highest BCUT2D eigenvalue weighted by Gasteiger charge is 2.28. The number of halogens is 2. The Morgan fingerprint density at radius 3 is 2.48 bits per heavy atom. The molecule has 0 saturated carbocycles. The molecule has 1 aliphatic rings. The summed E-state index contributed by atoms with van der Waals surface area (Å²) in [4.78, 5) is 23.3. The second kappa shape index (κ2) is 8.68. The minimum absolute atomic E-state index is 0.116. The summed E-state index contributed by atoms with van der Waals surface area (Å²) in [5.41, 5.74) is 5.14. The van der Waals surface area contributed by atoms with Crippen molar-refractivity contribution < 1.29 is 18.7 Å². The molecule has 0 unspecified atom stereocenters. The molecule has 0 fully saturated rings. The fraction of sp³-hybridized carbons (Fsp3) is 0.200. The zero-order chi connectivity index (χ0) is 22.0. The van der Waals surface area contributed by atoms with Crippen LogP contribution in [-0.2, 0) is 19.5 Å². The monoisotopic (exact) mass is 420 g/mol. The Kier molecular flexibility index (Phi) is 5.80. The van der Waals surface area contributed by atoms with E-state index in [9.17, 15) is 13.7 Å². The fourth-order valence-electron chi connectivity index (χ4n) is 3.98. The van der Waals surface area contributed by atoms with E-state index in [0.717, 1.165) is 33.5 Å². The van der Waals surface area contributed by atoms with Crippen molar-refractivity contribution in [2.24, 2.45) is 4.99 Å². The van der Waals surface area contributed by atoms with E-state index in [1.54, 1.807) is 24.1 Å². The average Bonchev–Trinajstić information content (AvgIpc) is 3.21. The number of hydrogen-bond donors (Lipinski definition) is 0. The first-order valence-electron chi connectivity index (χ1n) is 10.00. The highest BCUT2D eigenvalue weighted by Crippen LogP contribution is 2.30. The van der Waals surface area contributed by atoms with E-state index in [1.807, 2.05) is 37.3 Å². The molecule has 4 rings (SSSR count). The van der Waals surface area contributed by atoms with Gasteiger partial charge in [0, 0.05) is 36.8 Å². The van der Waals surface area contributed by atoms with Gasteiger partial charge in [-0.15, -0.1) is 0 Å². The van der Waals surface area contributed by atoms with E-state index in [2.05, 4.69) is 9.93 Å². The first kappa shape index (κ1) is 20.7. The maximum absolute atomic E-state index is 13.5. The van der Waals surface area contributed by atoms with Gasteiger partial charge in [0.1, 0.15) is 5.82 Å². The molecule has 1 amide bonds. The minimum Gasteiger partial charge on any atom is -0.330 e. The molecule has 0 bridgehead atoms. The molecule has 0 radical (unpaired) electrons. The number of carbonyl (C=O) groups is 1. The Morgan fingerprint density at radius 1 is 1.03 bits per heavy atom. The summed E-state index contributed by atoms with van der Waals surface area (Å²) >= 11 is 0. The van der Waals surface area contributed by atoms with Crippen LogP contribution in [0.15, 0.2) is 65.7 Å².